The summed E-state index contributed by atoms with van der Waals surface area (Å²) in [5.41, 5.74) is 0. The largest absolute Gasteiger partial charge is 0.462 e. The maximum Gasteiger partial charge on any atom is 0.320 e. The monoisotopic (exact) mass is 231 g/mol. The second-order valence-corrected chi connectivity index (χ2v) is 5.31. The molecule has 0 bridgehead atoms. The van der Waals surface area contributed by atoms with Crippen molar-refractivity contribution >= 4 is 17.7 Å². The molecule has 0 aromatic heterocycles. The van der Waals surface area contributed by atoms with Gasteiger partial charge in [0.1, 0.15) is 0 Å². The van der Waals surface area contributed by atoms with Gasteiger partial charge in [0.15, 0.2) is 0 Å². The maximum atomic E-state index is 11.3. The van der Waals surface area contributed by atoms with Crippen LogP contribution in [0.4, 0.5) is 0 Å². The molecule has 88 valence electrons. The predicted molar refractivity (Wildman–Crippen MR) is 64.2 cm³/mol. The highest BCUT2D eigenvalue weighted by Gasteiger charge is 2.26. The van der Waals surface area contributed by atoms with E-state index in [0.717, 1.165) is 0 Å². The Morgan fingerprint density at radius 1 is 1.53 bits per heavy atom. The van der Waals surface area contributed by atoms with Crippen molar-refractivity contribution in [3.05, 3.63) is 0 Å². The predicted octanol–water partition coefficient (Wildman–Crippen LogP) is 1.81. The van der Waals surface area contributed by atoms with Crippen LogP contribution in [0.2, 0.25) is 0 Å². The summed E-state index contributed by atoms with van der Waals surface area (Å²) in [5.74, 6) is -0.142. The van der Waals surface area contributed by atoms with E-state index < -0.39 is 0 Å². The van der Waals surface area contributed by atoms with E-state index in [4.69, 9.17) is 4.74 Å². The van der Waals surface area contributed by atoms with Crippen LogP contribution in [0.15, 0.2) is 0 Å². The first-order valence-electron chi connectivity index (χ1n) is 5.59. The number of hydrogen-bond donors (Lipinski definition) is 1. The summed E-state index contributed by atoms with van der Waals surface area (Å²) in [5, 5.41) is 3.96. The number of carbonyl (C=O) groups is 1. The number of carbonyl (C=O) groups excluding carboxylic acids is 1. The van der Waals surface area contributed by atoms with Crippen molar-refractivity contribution in [1.29, 1.82) is 0 Å². The molecular weight excluding hydrogens is 210 g/mol. The number of ether oxygens (including phenoxy) is 1. The molecule has 0 radical (unpaired) electrons. The van der Waals surface area contributed by atoms with Crippen molar-refractivity contribution in [3.63, 3.8) is 0 Å². The number of rotatable bonds is 5. The Labute approximate surface area is 96.3 Å². The van der Waals surface area contributed by atoms with E-state index in [1.165, 1.54) is 19.3 Å². The molecule has 0 saturated heterocycles. The zero-order chi connectivity index (χ0) is 11.3. The van der Waals surface area contributed by atoms with Gasteiger partial charge in [0.05, 0.1) is 12.6 Å². The topological polar surface area (TPSA) is 38.3 Å². The SMILES string of the molecule is CSC1CCCC1NCC(=O)OC(C)C. The van der Waals surface area contributed by atoms with Gasteiger partial charge < -0.3 is 10.1 Å². The molecule has 0 aromatic carbocycles. The van der Waals surface area contributed by atoms with Crippen molar-refractivity contribution < 1.29 is 9.53 Å². The molecule has 3 nitrogen and oxygen atoms in total. The molecule has 1 saturated carbocycles. The molecule has 0 spiro atoms. The van der Waals surface area contributed by atoms with Gasteiger partial charge in [-0.1, -0.05) is 6.42 Å². The lowest BCUT2D eigenvalue weighted by Gasteiger charge is -2.19. The van der Waals surface area contributed by atoms with Gasteiger partial charge in [0, 0.05) is 11.3 Å². The summed E-state index contributed by atoms with van der Waals surface area (Å²) in [6, 6.07) is 0.486. The van der Waals surface area contributed by atoms with Crippen molar-refractivity contribution in [1.82, 2.24) is 5.32 Å². The van der Waals surface area contributed by atoms with Gasteiger partial charge in [-0.15, -0.1) is 0 Å². The highest BCUT2D eigenvalue weighted by Crippen LogP contribution is 2.28. The molecule has 4 heteroatoms. The second kappa shape index (κ2) is 6.38. The van der Waals surface area contributed by atoms with E-state index >= 15 is 0 Å². The van der Waals surface area contributed by atoms with Gasteiger partial charge in [0.25, 0.3) is 0 Å². The average Bonchev–Trinajstić information content (AvgIpc) is 2.60. The van der Waals surface area contributed by atoms with Gasteiger partial charge in [0.2, 0.25) is 0 Å². The summed E-state index contributed by atoms with van der Waals surface area (Å²) in [7, 11) is 0. The minimum atomic E-state index is -0.142. The summed E-state index contributed by atoms with van der Waals surface area (Å²) in [6.07, 6.45) is 5.83. The van der Waals surface area contributed by atoms with Crippen molar-refractivity contribution in [3.8, 4) is 0 Å². The van der Waals surface area contributed by atoms with E-state index in [2.05, 4.69) is 11.6 Å². The van der Waals surface area contributed by atoms with Crippen molar-refractivity contribution in [2.75, 3.05) is 12.8 Å². The Morgan fingerprint density at radius 3 is 2.87 bits per heavy atom. The first-order chi connectivity index (χ1) is 7.13. The Balaban J connectivity index is 2.21. The summed E-state index contributed by atoms with van der Waals surface area (Å²) < 4.78 is 5.07. The molecule has 0 aliphatic heterocycles. The lowest BCUT2D eigenvalue weighted by molar-refractivity contribution is -0.146. The standard InChI is InChI=1S/C11H21NO2S/c1-8(2)14-11(13)7-12-9-5-4-6-10(9)15-3/h8-10,12H,4-7H2,1-3H3. The molecule has 0 heterocycles. The number of thioether (sulfide) groups is 1. The lowest BCUT2D eigenvalue weighted by Crippen LogP contribution is -2.38. The van der Waals surface area contributed by atoms with Crippen LogP contribution >= 0.6 is 11.8 Å². The quantitative estimate of drug-likeness (QED) is 0.732. The third-order valence-electron chi connectivity index (χ3n) is 2.63. The molecule has 2 atom stereocenters. The van der Waals surface area contributed by atoms with Crippen LogP contribution in [0.5, 0.6) is 0 Å². The summed E-state index contributed by atoms with van der Waals surface area (Å²) >= 11 is 1.89. The summed E-state index contributed by atoms with van der Waals surface area (Å²) in [4.78, 5) is 11.3. The Morgan fingerprint density at radius 2 is 2.27 bits per heavy atom. The van der Waals surface area contributed by atoms with Crippen LogP contribution in [0, 0.1) is 0 Å². The Bertz CT molecular complexity index is 209. The molecule has 1 aliphatic rings. The van der Waals surface area contributed by atoms with E-state index in [9.17, 15) is 4.79 Å². The third-order valence-corrected chi connectivity index (χ3v) is 3.80. The molecule has 15 heavy (non-hydrogen) atoms. The van der Waals surface area contributed by atoms with Crippen LogP contribution < -0.4 is 5.32 Å². The molecular formula is C11H21NO2S. The summed E-state index contributed by atoms with van der Waals surface area (Å²) in [6.45, 7) is 4.09. The van der Waals surface area contributed by atoms with Gasteiger partial charge in [-0.2, -0.15) is 11.8 Å². The zero-order valence-electron chi connectivity index (χ0n) is 9.79. The van der Waals surface area contributed by atoms with Crippen LogP contribution in [-0.4, -0.2) is 36.2 Å². The van der Waals surface area contributed by atoms with Crippen molar-refractivity contribution in [2.45, 2.75) is 50.5 Å². The normalized spacial score (nSPS) is 25.9. The maximum absolute atomic E-state index is 11.3. The highest BCUT2D eigenvalue weighted by atomic mass is 32.2. The smallest absolute Gasteiger partial charge is 0.320 e. The van der Waals surface area contributed by atoms with Gasteiger partial charge in [-0.05, 0) is 32.9 Å². The van der Waals surface area contributed by atoms with Crippen LogP contribution in [0.1, 0.15) is 33.1 Å². The molecule has 1 aliphatic carbocycles. The van der Waals surface area contributed by atoms with E-state index in [-0.39, 0.29) is 12.1 Å². The lowest BCUT2D eigenvalue weighted by atomic mass is 10.2. The van der Waals surface area contributed by atoms with Gasteiger partial charge >= 0.3 is 5.97 Å². The number of hydrogen-bond acceptors (Lipinski definition) is 4. The fourth-order valence-electron chi connectivity index (χ4n) is 1.96. The average molecular weight is 231 g/mol. The van der Waals surface area contributed by atoms with Crippen LogP contribution in [0.25, 0.3) is 0 Å². The van der Waals surface area contributed by atoms with Gasteiger partial charge in [-0.25, -0.2) is 0 Å². The van der Waals surface area contributed by atoms with Crippen LogP contribution in [0.3, 0.4) is 0 Å². The molecule has 0 amide bonds. The zero-order valence-corrected chi connectivity index (χ0v) is 10.6. The minimum absolute atomic E-state index is 0.0146. The molecule has 1 fully saturated rings. The molecule has 1 rings (SSSR count). The first kappa shape index (κ1) is 12.8. The van der Waals surface area contributed by atoms with Crippen LogP contribution in [-0.2, 0) is 9.53 Å². The van der Waals surface area contributed by atoms with Crippen molar-refractivity contribution in [2.24, 2.45) is 0 Å². The second-order valence-electron chi connectivity index (χ2n) is 4.23. The molecule has 1 N–H and O–H groups in total. The number of nitrogens with one attached hydrogen (secondary N) is 1. The first-order valence-corrected chi connectivity index (χ1v) is 6.88. The van der Waals surface area contributed by atoms with Gasteiger partial charge in [-0.3, -0.25) is 4.79 Å². The Kier molecular flexibility index (Phi) is 5.47. The van der Waals surface area contributed by atoms with E-state index in [0.29, 0.717) is 17.8 Å². The third kappa shape index (κ3) is 4.43. The van der Waals surface area contributed by atoms with E-state index in [1.54, 1.807) is 0 Å². The van der Waals surface area contributed by atoms with E-state index in [1.807, 2.05) is 25.6 Å². The Hall–Kier alpha value is -0.220. The fourth-order valence-corrected chi connectivity index (χ4v) is 2.92. The molecule has 0 aromatic rings. The minimum Gasteiger partial charge on any atom is -0.462 e. The fraction of sp³-hybridized carbons (Fsp3) is 0.909. The molecule has 2 unspecified atom stereocenters. The highest BCUT2D eigenvalue weighted by molar-refractivity contribution is 7.99. The number of esters is 1.